The lowest BCUT2D eigenvalue weighted by molar-refractivity contribution is 0.396. The second kappa shape index (κ2) is 6.12. The summed E-state index contributed by atoms with van der Waals surface area (Å²) in [5.41, 5.74) is 1.62. The van der Waals surface area contributed by atoms with Crippen LogP contribution in [0.4, 0.5) is 11.4 Å². The third-order valence-corrected chi connectivity index (χ3v) is 3.44. The van der Waals surface area contributed by atoms with E-state index in [1.54, 1.807) is 38.7 Å². The Kier molecular flexibility index (Phi) is 4.50. The standard InChI is InChI=1S/C13H12BrClN2O2/c1-18-12-6-13(19-2)11(5-9(12)15)17-10-3-4-16-7-8(10)14/h3-7H,1-2H3,(H,16,17). The zero-order valence-corrected chi connectivity index (χ0v) is 12.7. The Balaban J connectivity index is 2.40. The van der Waals surface area contributed by atoms with Crippen LogP contribution in [0.15, 0.2) is 35.1 Å². The minimum Gasteiger partial charge on any atom is -0.495 e. The van der Waals surface area contributed by atoms with Gasteiger partial charge in [-0.3, -0.25) is 4.98 Å². The predicted molar refractivity (Wildman–Crippen MR) is 79.8 cm³/mol. The van der Waals surface area contributed by atoms with Gasteiger partial charge in [0.25, 0.3) is 0 Å². The summed E-state index contributed by atoms with van der Waals surface area (Å²) in [6.45, 7) is 0. The van der Waals surface area contributed by atoms with Crippen LogP contribution in [-0.2, 0) is 0 Å². The fraction of sp³-hybridized carbons (Fsp3) is 0.154. The first-order valence-electron chi connectivity index (χ1n) is 5.43. The van der Waals surface area contributed by atoms with Gasteiger partial charge in [0.15, 0.2) is 0 Å². The molecular weight excluding hydrogens is 332 g/mol. The molecule has 1 aromatic carbocycles. The maximum absolute atomic E-state index is 6.12. The van der Waals surface area contributed by atoms with Gasteiger partial charge >= 0.3 is 0 Å². The lowest BCUT2D eigenvalue weighted by atomic mass is 10.2. The Hall–Kier alpha value is -1.46. The Morgan fingerprint density at radius 1 is 1.16 bits per heavy atom. The number of halogens is 2. The molecular formula is C13H12BrClN2O2. The third-order valence-electron chi connectivity index (χ3n) is 2.52. The van der Waals surface area contributed by atoms with Gasteiger partial charge in [0.05, 0.1) is 35.1 Å². The number of aromatic nitrogens is 1. The van der Waals surface area contributed by atoms with Gasteiger partial charge in [0.1, 0.15) is 11.5 Å². The van der Waals surface area contributed by atoms with E-state index in [9.17, 15) is 0 Å². The van der Waals surface area contributed by atoms with Gasteiger partial charge < -0.3 is 14.8 Å². The summed E-state index contributed by atoms with van der Waals surface area (Å²) in [5.74, 6) is 1.21. The molecule has 2 rings (SSSR count). The van der Waals surface area contributed by atoms with Gasteiger partial charge in [0, 0.05) is 18.5 Å². The van der Waals surface area contributed by atoms with E-state index in [2.05, 4.69) is 26.2 Å². The molecule has 0 spiro atoms. The highest BCUT2D eigenvalue weighted by Crippen LogP contribution is 2.38. The molecule has 0 saturated heterocycles. The Bertz CT molecular complexity index is 593. The summed E-state index contributed by atoms with van der Waals surface area (Å²) in [7, 11) is 3.16. The van der Waals surface area contributed by atoms with Crippen LogP contribution in [0.25, 0.3) is 0 Å². The molecule has 1 N–H and O–H groups in total. The topological polar surface area (TPSA) is 43.4 Å². The molecule has 1 aromatic heterocycles. The summed E-state index contributed by atoms with van der Waals surface area (Å²) in [6, 6.07) is 5.34. The first kappa shape index (κ1) is 14.0. The number of anilines is 2. The normalized spacial score (nSPS) is 10.1. The number of hydrogen-bond donors (Lipinski definition) is 1. The molecule has 0 radical (unpaired) electrons. The van der Waals surface area contributed by atoms with Crippen molar-refractivity contribution in [1.29, 1.82) is 0 Å². The Morgan fingerprint density at radius 2 is 1.89 bits per heavy atom. The van der Waals surface area contributed by atoms with Crippen molar-refractivity contribution in [2.45, 2.75) is 0 Å². The molecule has 0 amide bonds. The van der Waals surface area contributed by atoms with Crippen LogP contribution < -0.4 is 14.8 Å². The number of nitrogens with zero attached hydrogens (tertiary/aromatic N) is 1. The van der Waals surface area contributed by atoms with Crippen molar-refractivity contribution in [2.24, 2.45) is 0 Å². The first-order chi connectivity index (χ1) is 9.15. The van der Waals surface area contributed by atoms with Crippen molar-refractivity contribution in [2.75, 3.05) is 19.5 Å². The summed E-state index contributed by atoms with van der Waals surface area (Å²) in [5, 5.41) is 3.74. The molecule has 0 aliphatic carbocycles. The van der Waals surface area contributed by atoms with E-state index in [1.807, 2.05) is 6.07 Å². The van der Waals surface area contributed by atoms with Crippen LogP contribution in [0.1, 0.15) is 0 Å². The van der Waals surface area contributed by atoms with Crippen LogP contribution in [0.3, 0.4) is 0 Å². The van der Waals surface area contributed by atoms with Crippen molar-refractivity contribution in [3.63, 3.8) is 0 Å². The Morgan fingerprint density at radius 3 is 2.53 bits per heavy atom. The average molecular weight is 344 g/mol. The first-order valence-corrected chi connectivity index (χ1v) is 6.61. The number of hydrogen-bond acceptors (Lipinski definition) is 4. The van der Waals surface area contributed by atoms with Crippen molar-refractivity contribution < 1.29 is 9.47 Å². The highest BCUT2D eigenvalue weighted by atomic mass is 79.9. The molecule has 0 atom stereocenters. The predicted octanol–water partition coefficient (Wildman–Crippen LogP) is 4.26. The van der Waals surface area contributed by atoms with Crippen molar-refractivity contribution in [3.8, 4) is 11.5 Å². The number of nitrogens with one attached hydrogen (secondary N) is 1. The van der Waals surface area contributed by atoms with Gasteiger partial charge in [-0.05, 0) is 28.1 Å². The molecule has 6 heteroatoms. The highest BCUT2D eigenvalue weighted by Gasteiger charge is 2.11. The summed E-state index contributed by atoms with van der Waals surface area (Å²) < 4.78 is 11.3. The molecule has 19 heavy (non-hydrogen) atoms. The van der Waals surface area contributed by atoms with E-state index in [4.69, 9.17) is 21.1 Å². The van der Waals surface area contributed by atoms with E-state index >= 15 is 0 Å². The maximum Gasteiger partial charge on any atom is 0.146 e. The minimum atomic E-state index is 0.510. The second-order valence-corrected chi connectivity index (χ2v) is 4.93. The fourth-order valence-electron chi connectivity index (χ4n) is 1.58. The molecule has 4 nitrogen and oxygen atoms in total. The van der Waals surface area contributed by atoms with Gasteiger partial charge in [-0.1, -0.05) is 11.6 Å². The van der Waals surface area contributed by atoms with Crippen LogP contribution in [0.2, 0.25) is 5.02 Å². The zero-order valence-electron chi connectivity index (χ0n) is 10.4. The van der Waals surface area contributed by atoms with E-state index < -0.39 is 0 Å². The van der Waals surface area contributed by atoms with Crippen LogP contribution in [-0.4, -0.2) is 19.2 Å². The molecule has 0 bridgehead atoms. The molecule has 100 valence electrons. The van der Waals surface area contributed by atoms with Crippen molar-refractivity contribution in [3.05, 3.63) is 40.1 Å². The molecule has 0 aliphatic rings. The van der Waals surface area contributed by atoms with Gasteiger partial charge in [0.2, 0.25) is 0 Å². The molecule has 0 fully saturated rings. The summed E-state index contributed by atoms with van der Waals surface area (Å²) in [4.78, 5) is 4.01. The minimum absolute atomic E-state index is 0.510. The fourth-order valence-corrected chi connectivity index (χ4v) is 2.17. The molecule has 0 saturated carbocycles. The summed E-state index contributed by atoms with van der Waals surface area (Å²) >= 11 is 9.54. The quantitative estimate of drug-likeness (QED) is 0.901. The maximum atomic E-state index is 6.12. The smallest absolute Gasteiger partial charge is 0.146 e. The number of ether oxygens (including phenoxy) is 2. The van der Waals surface area contributed by atoms with E-state index in [1.165, 1.54) is 0 Å². The zero-order chi connectivity index (χ0) is 13.8. The monoisotopic (exact) mass is 342 g/mol. The van der Waals surface area contributed by atoms with Crippen LogP contribution in [0.5, 0.6) is 11.5 Å². The molecule has 0 aliphatic heterocycles. The second-order valence-electron chi connectivity index (χ2n) is 3.67. The largest absolute Gasteiger partial charge is 0.495 e. The molecule has 0 unspecified atom stereocenters. The van der Waals surface area contributed by atoms with Crippen molar-refractivity contribution in [1.82, 2.24) is 4.98 Å². The highest BCUT2D eigenvalue weighted by molar-refractivity contribution is 9.10. The van der Waals surface area contributed by atoms with Gasteiger partial charge in [-0.25, -0.2) is 0 Å². The van der Waals surface area contributed by atoms with Crippen LogP contribution in [0, 0.1) is 0 Å². The lowest BCUT2D eigenvalue weighted by Gasteiger charge is -2.14. The average Bonchev–Trinajstić information content (AvgIpc) is 2.42. The van der Waals surface area contributed by atoms with Gasteiger partial charge in [-0.2, -0.15) is 0 Å². The van der Waals surface area contributed by atoms with Gasteiger partial charge in [-0.15, -0.1) is 0 Å². The number of rotatable bonds is 4. The van der Waals surface area contributed by atoms with E-state index in [0.717, 1.165) is 15.8 Å². The molecule has 1 heterocycles. The SMILES string of the molecule is COc1cc(OC)c(Nc2ccncc2Br)cc1Cl. The summed E-state index contributed by atoms with van der Waals surface area (Å²) in [6.07, 6.45) is 3.41. The molecule has 2 aromatic rings. The lowest BCUT2D eigenvalue weighted by Crippen LogP contribution is -1.97. The number of pyridine rings is 1. The number of methoxy groups -OCH3 is 2. The van der Waals surface area contributed by atoms with Crippen molar-refractivity contribution >= 4 is 38.9 Å². The van der Waals surface area contributed by atoms with E-state index in [0.29, 0.717) is 16.5 Å². The number of benzene rings is 1. The third kappa shape index (κ3) is 3.11. The van der Waals surface area contributed by atoms with E-state index in [-0.39, 0.29) is 0 Å². The van der Waals surface area contributed by atoms with Crippen LogP contribution >= 0.6 is 27.5 Å². The Labute approximate surface area is 124 Å².